The molecule has 1 aliphatic rings. The van der Waals surface area contributed by atoms with Gasteiger partial charge in [0.1, 0.15) is 0 Å². The maximum absolute atomic E-state index is 12.1. The molecule has 0 aliphatic carbocycles. The van der Waals surface area contributed by atoms with Gasteiger partial charge in [-0.15, -0.1) is 0 Å². The smallest absolute Gasteiger partial charge is 0.243 e. The maximum atomic E-state index is 12.1. The molecule has 1 amide bonds. The topological polar surface area (TPSA) is 44.4 Å². The Morgan fingerprint density at radius 2 is 1.60 bits per heavy atom. The molecule has 1 fully saturated rings. The lowest BCUT2D eigenvalue weighted by molar-refractivity contribution is -0.114. The van der Waals surface area contributed by atoms with Crippen molar-refractivity contribution in [1.82, 2.24) is 0 Å². The first kappa shape index (κ1) is 17.3. The molecule has 0 spiro atoms. The molecule has 0 bridgehead atoms. The molecule has 2 aromatic rings. The number of hydrogen-bond acceptors (Lipinski definition) is 3. The number of rotatable bonds is 5. The van der Waals surface area contributed by atoms with Crippen molar-refractivity contribution < 1.29 is 4.79 Å². The molecule has 0 unspecified atom stereocenters. The van der Waals surface area contributed by atoms with Crippen LogP contribution in [0.2, 0.25) is 0 Å². The zero-order valence-corrected chi connectivity index (χ0v) is 15.1. The SMILES string of the molecule is Cc1ccc(NC(=O)CNc2ccc(N3CCCCC3)cc2)cc1C. The lowest BCUT2D eigenvalue weighted by atomic mass is 10.1. The number of hydrogen-bond donors (Lipinski definition) is 2. The van der Waals surface area contributed by atoms with Crippen LogP contribution < -0.4 is 15.5 Å². The lowest BCUT2D eigenvalue weighted by Gasteiger charge is -2.28. The van der Waals surface area contributed by atoms with E-state index >= 15 is 0 Å². The Labute approximate surface area is 150 Å². The van der Waals surface area contributed by atoms with Gasteiger partial charge >= 0.3 is 0 Å². The fourth-order valence-electron chi connectivity index (χ4n) is 3.15. The van der Waals surface area contributed by atoms with Gasteiger partial charge in [-0.1, -0.05) is 6.07 Å². The van der Waals surface area contributed by atoms with E-state index < -0.39 is 0 Å². The van der Waals surface area contributed by atoms with E-state index in [1.807, 2.05) is 37.3 Å². The Morgan fingerprint density at radius 1 is 0.920 bits per heavy atom. The van der Waals surface area contributed by atoms with Crippen LogP contribution in [0.4, 0.5) is 17.1 Å². The van der Waals surface area contributed by atoms with Crippen LogP contribution in [0.25, 0.3) is 0 Å². The fourth-order valence-corrected chi connectivity index (χ4v) is 3.15. The largest absolute Gasteiger partial charge is 0.376 e. The average Bonchev–Trinajstić information content (AvgIpc) is 2.64. The summed E-state index contributed by atoms with van der Waals surface area (Å²) in [6.07, 6.45) is 3.89. The molecule has 3 rings (SSSR count). The number of benzene rings is 2. The van der Waals surface area contributed by atoms with Gasteiger partial charge in [-0.3, -0.25) is 4.79 Å². The van der Waals surface area contributed by atoms with Crippen LogP contribution >= 0.6 is 0 Å². The maximum Gasteiger partial charge on any atom is 0.243 e. The van der Waals surface area contributed by atoms with Crippen molar-refractivity contribution in [3.63, 3.8) is 0 Å². The molecule has 0 saturated carbocycles. The zero-order valence-electron chi connectivity index (χ0n) is 15.1. The predicted octanol–water partition coefficient (Wildman–Crippen LogP) is 4.34. The summed E-state index contributed by atoms with van der Waals surface area (Å²) in [5.74, 6) is -0.0386. The summed E-state index contributed by atoms with van der Waals surface area (Å²) in [6, 6.07) is 14.3. The van der Waals surface area contributed by atoms with Gasteiger partial charge in [0.2, 0.25) is 5.91 Å². The number of amides is 1. The quantitative estimate of drug-likeness (QED) is 0.853. The van der Waals surface area contributed by atoms with Gasteiger partial charge < -0.3 is 15.5 Å². The van der Waals surface area contributed by atoms with E-state index in [9.17, 15) is 4.79 Å². The third kappa shape index (κ3) is 4.75. The molecule has 132 valence electrons. The highest BCUT2D eigenvalue weighted by Gasteiger charge is 2.10. The van der Waals surface area contributed by atoms with Gasteiger partial charge in [-0.2, -0.15) is 0 Å². The van der Waals surface area contributed by atoms with Gasteiger partial charge in [0.15, 0.2) is 0 Å². The minimum absolute atomic E-state index is 0.0386. The summed E-state index contributed by atoms with van der Waals surface area (Å²) < 4.78 is 0. The molecule has 2 aromatic carbocycles. The molecule has 0 aromatic heterocycles. The number of carbonyl (C=O) groups is 1. The Morgan fingerprint density at radius 3 is 2.28 bits per heavy atom. The van der Waals surface area contributed by atoms with Crippen LogP contribution in [0.15, 0.2) is 42.5 Å². The Hall–Kier alpha value is -2.49. The number of carbonyl (C=O) groups excluding carboxylic acids is 1. The van der Waals surface area contributed by atoms with Gasteiger partial charge in [-0.05, 0) is 80.6 Å². The van der Waals surface area contributed by atoms with Crippen molar-refractivity contribution in [3.05, 3.63) is 53.6 Å². The Bertz CT molecular complexity index is 718. The Balaban J connectivity index is 1.50. The highest BCUT2D eigenvalue weighted by Crippen LogP contribution is 2.21. The van der Waals surface area contributed by atoms with E-state index in [4.69, 9.17) is 0 Å². The van der Waals surface area contributed by atoms with E-state index in [1.54, 1.807) is 0 Å². The van der Waals surface area contributed by atoms with Gasteiger partial charge in [0.25, 0.3) is 0 Å². The first-order valence-corrected chi connectivity index (χ1v) is 9.08. The van der Waals surface area contributed by atoms with Crippen molar-refractivity contribution in [2.75, 3.05) is 35.2 Å². The number of nitrogens with zero attached hydrogens (tertiary/aromatic N) is 1. The number of piperidine rings is 1. The molecule has 1 aliphatic heterocycles. The monoisotopic (exact) mass is 337 g/mol. The van der Waals surface area contributed by atoms with E-state index in [2.05, 4.69) is 34.6 Å². The second-order valence-electron chi connectivity index (χ2n) is 6.80. The third-order valence-corrected chi connectivity index (χ3v) is 4.83. The second kappa shape index (κ2) is 8.06. The second-order valence-corrected chi connectivity index (χ2v) is 6.80. The van der Waals surface area contributed by atoms with E-state index in [0.717, 1.165) is 24.5 Å². The minimum atomic E-state index is -0.0386. The summed E-state index contributed by atoms with van der Waals surface area (Å²) in [5.41, 5.74) is 5.49. The summed E-state index contributed by atoms with van der Waals surface area (Å²) in [4.78, 5) is 14.5. The van der Waals surface area contributed by atoms with E-state index in [-0.39, 0.29) is 12.5 Å². The lowest BCUT2D eigenvalue weighted by Crippen LogP contribution is -2.29. The molecule has 4 nitrogen and oxygen atoms in total. The van der Waals surface area contributed by atoms with Crippen LogP contribution in [-0.4, -0.2) is 25.5 Å². The molecular formula is C21H27N3O. The summed E-state index contributed by atoms with van der Waals surface area (Å²) >= 11 is 0. The van der Waals surface area contributed by atoms with Crippen LogP contribution in [0.1, 0.15) is 30.4 Å². The van der Waals surface area contributed by atoms with Crippen molar-refractivity contribution in [1.29, 1.82) is 0 Å². The Kier molecular flexibility index (Phi) is 5.59. The first-order valence-electron chi connectivity index (χ1n) is 9.08. The molecule has 0 radical (unpaired) electrons. The van der Waals surface area contributed by atoms with E-state index in [1.165, 1.54) is 36.1 Å². The van der Waals surface area contributed by atoms with E-state index in [0.29, 0.717) is 0 Å². The minimum Gasteiger partial charge on any atom is -0.376 e. The third-order valence-electron chi connectivity index (χ3n) is 4.83. The molecule has 2 N–H and O–H groups in total. The number of anilines is 3. The van der Waals surface area contributed by atoms with Crippen LogP contribution in [-0.2, 0) is 4.79 Å². The molecule has 4 heteroatoms. The standard InChI is InChI=1S/C21H27N3O/c1-16-6-7-19(14-17(16)2)23-21(25)15-22-18-8-10-20(11-9-18)24-12-4-3-5-13-24/h6-11,14,22H,3-5,12-13,15H2,1-2H3,(H,23,25). The van der Waals surface area contributed by atoms with Crippen LogP contribution in [0.5, 0.6) is 0 Å². The van der Waals surface area contributed by atoms with Crippen molar-refractivity contribution in [2.24, 2.45) is 0 Å². The fraction of sp³-hybridized carbons (Fsp3) is 0.381. The summed E-state index contributed by atoms with van der Waals surface area (Å²) in [6.45, 7) is 6.66. The van der Waals surface area contributed by atoms with Crippen molar-refractivity contribution in [2.45, 2.75) is 33.1 Å². The predicted molar refractivity (Wildman–Crippen MR) is 106 cm³/mol. The summed E-state index contributed by atoms with van der Waals surface area (Å²) in [7, 11) is 0. The molecule has 1 saturated heterocycles. The average molecular weight is 337 g/mol. The summed E-state index contributed by atoms with van der Waals surface area (Å²) in [5, 5.41) is 6.12. The first-order chi connectivity index (χ1) is 12.1. The van der Waals surface area contributed by atoms with Crippen LogP contribution in [0.3, 0.4) is 0 Å². The normalized spacial score (nSPS) is 14.2. The number of nitrogens with one attached hydrogen (secondary N) is 2. The highest BCUT2D eigenvalue weighted by atomic mass is 16.1. The highest BCUT2D eigenvalue weighted by molar-refractivity contribution is 5.93. The van der Waals surface area contributed by atoms with Gasteiger partial charge in [0, 0.05) is 30.2 Å². The molecular weight excluding hydrogens is 310 g/mol. The van der Waals surface area contributed by atoms with Crippen molar-refractivity contribution in [3.8, 4) is 0 Å². The molecule has 0 atom stereocenters. The van der Waals surface area contributed by atoms with Gasteiger partial charge in [0.05, 0.1) is 6.54 Å². The zero-order chi connectivity index (χ0) is 17.6. The van der Waals surface area contributed by atoms with Gasteiger partial charge in [-0.25, -0.2) is 0 Å². The molecule has 25 heavy (non-hydrogen) atoms. The van der Waals surface area contributed by atoms with Crippen molar-refractivity contribution >= 4 is 23.0 Å². The molecule has 1 heterocycles. The van der Waals surface area contributed by atoms with Crippen LogP contribution in [0, 0.1) is 13.8 Å². The number of aryl methyl sites for hydroxylation is 2.